The molecule has 1 saturated carbocycles. The summed E-state index contributed by atoms with van der Waals surface area (Å²) in [5.74, 6) is 0.280. The van der Waals surface area contributed by atoms with Crippen LogP contribution in [0.15, 0.2) is 27.6 Å². The molecule has 2 rings (SSSR count). The zero-order valence-electron chi connectivity index (χ0n) is 9.32. The largest absolute Gasteiger partial charge is 0.352 e. The van der Waals surface area contributed by atoms with E-state index in [1.165, 1.54) is 12.1 Å². The Morgan fingerprint density at radius 2 is 2.06 bits per heavy atom. The van der Waals surface area contributed by atoms with Crippen molar-refractivity contribution in [3.63, 3.8) is 0 Å². The standard InChI is InChI=1S/C11H11BrClNO3S/c12-9-3-8(4-10(5-9)18(13,16)17)11(15)14-6-7-1-2-7/h3-5,7H,1-2,6H2,(H,14,15). The van der Waals surface area contributed by atoms with Gasteiger partial charge in [-0.05, 0) is 37.0 Å². The van der Waals surface area contributed by atoms with Gasteiger partial charge in [0.15, 0.2) is 0 Å². The Labute approximate surface area is 118 Å². The highest BCUT2D eigenvalue weighted by Gasteiger charge is 2.22. The van der Waals surface area contributed by atoms with Gasteiger partial charge in [0.1, 0.15) is 0 Å². The Morgan fingerprint density at radius 1 is 1.39 bits per heavy atom. The van der Waals surface area contributed by atoms with E-state index in [0.29, 0.717) is 16.9 Å². The number of rotatable bonds is 4. The van der Waals surface area contributed by atoms with E-state index in [1.54, 1.807) is 6.07 Å². The lowest BCUT2D eigenvalue weighted by atomic mass is 10.2. The van der Waals surface area contributed by atoms with Crippen LogP contribution in [0, 0.1) is 5.92 Å². The van der Waals surface area contributed by atoms with Gasteiger partial charge in [-0.25, -0.2) is 8.42 Å². The van der Waals surface area contributed by atoms with Gasteiger partial charge in [0.05, 0.1) is 4.90 Å². The van der Waals surface area contributed by atoms with Crippen molar-refractivity contribution in [1.29, 1.82) is 0 Å². The monoisotopic (exact) mass is 351 g/mol. The molecule has 98 valence electrons. The van der Waals surface area contributed by atoms with Gasteiger partial charge < -0.3 is 5.32 Å². The second kappa shape index (κ2) is 5.19. The smallest absolute Gasteiger partial charge is 0.261 e. The molecule has 1 aliphatic rings. The molecule has 18 heavy (non-hydrogen) atoms. The molecule has 1 aromatic rings. The van der Waals surface area contributed by atoms with Crippen LogP contribution < -0.4 is 5.32 Å². The molecule has 0 atom stereocenters. The van der Waals surface area contributed by atoms with Crippen LogP contribution in [0.25, 0.3) is 0 Å². The minimum absolute atomic E-state index is 0.0879. The molecule has 1 aliphatic carbocycles. The number of benzene rings is 1. The van der Waals surface area contributed by atoms with E-state index >= 15 is 0 Å². The lowest BCUT2D eigenvalue weighted by Crippen LogP contribution is -2.25. The summed E-state index contributed by atoms with van der Waals surface area (Å²) in [7, 11) is 1.43. The zero-order valence-corrected chi connectivity index (χ0v) is 12.5. The minimum Gasteiger partial charge on any atom is -0.352 e. The Balaban J connectivity index is 2.21. The fourth-order valence-corrected chi connectivity index (χ4v) is 2.94. The van der Waals surface area contributed by atoms with Gasteiger partial charge in [-0.15, -0.1) is 0 Å². The molecule has 1 aromatic carbocycles. The maximum atomic E-state index is 11.8. The van der Waals surface area contributed by atoms with Crippen molar-refractivity contribution < 1.29 is 13.2 Å². The third kappa shape index (κ3) is 3.70. The Hall–Kier alpha value is -0.590. The van der Waals surface area contributed by atoms with Crippen LogP contribution in [0.2, 0.25) is 0 Å². The van der Waals surface area contributed by atoms with Gasteiger partial charge >= 0.3 is 0 Å². The number of carbonyl (C=O) groups is 1. The topological polar surface area (TPSA) is 63.2 Å². The van der Waals surface area contributed by atoms with Crippen LogP contribution >= 0.6 is 26.6 Å². The second-order valence-corrected chi connectivity index (χ2v) is 7.75. The predicted molar refractivity (Wildman–Crippen MR) is 72.2 cm³/mol. The Kier molecular flexibility index (Phi) is 3.99. The summed E-state index contributed by atoms with van der Waals surface area (Å²) in [6.07, 6.45) is 2.28. The van der Waals surface area contributed by atoms with E-state index < -0.39 is 9.05 Å². The maximum absolute atomic E-state index is 11.8. The van der Waals surface area contributed by atoms with Gasteiger partial charge in [0.25, 0.3) is 15.0 Å². The average Bonchev–Trinajstić information content (AvgIpc) is 3.07. The first-order chi connectivity index (χ1) is 8.36. The number of nitrogens with one attached hydrogen (secondary N) is 1. The van der Waals surface area contributed by atoms with Crippen molar-refractivity contribution >= 4 is 41.6 Å². The molecule has 1 N–H and O–H groups in total. The maximum Gasteiger partial charge on any atom is 0.261 e. The van der Waals surface area contributed by atoms with E-state index in [-0.39, 0.29) is 16.4 Å². The average molecular weight is 353 g/mol. The molecule has 0 spiro atoms. The molecule has 0 bridgehead atoms. The van der Waals surface area contributed by atoms with E-state index in [0.717, 1.165) is 12.8 Å². The van der Waals surface area contributed by atoms with Crippen LogP contribution in [0.5, 0.6) is 0 Å². The molecule has 0 heterocycles. The van der Waals surface area contributed by atoms with Crippen molar-refractivity contribution in [2.75, 3.05) is 6.54 Å². The molecule has 1 amide bonds. The highest BCUT2D eigenvalue weighted by Crippen LogP contribution is 2.28. The number of hydrogen-bond donors (Lipinski definition) is 1. The highest BCUT2D eigenvalue weighted by atomic mass is 79.9. The fraction of sp³-hybridized carbons (Fsp3) is 0.364. The van der Waals surface area contributed by atoms with Crippen LogP contribution in [0.4, 0.5) is 0 Å². The van der Waals surface area contributed by atoms with Gasteiger partial charge in [-0.1, -0.05) is 15.9 Å². The molecule has 7 heteroatoms. The van der Waals surface area contributed by atoms with Crippen molar-refractivity contribution in [3.05, 3.63) is 28.2 Å². The van der Waals surface area contributed by atoms with Crippen molar-refractivity contribution in [1.82, 2.24) is 5.32 Å². The van der Waals surface area contributed by atoms with E-state index in [1.807, 2.05) is 0 Å². The normalized spacial score (nSPS) is 15.4. The van der Waals surface area contributed by atoms with Crippen molar-refractivity contribution in [3.8, 4) is 0 Å². The first-order valence-corrected chi connectivity index (χ1v) is 8.50. The van der Waals surface area contributed by atoms with Crippen LogP contribution in [0.3, 0.4) is 0 Å². The molecular formula is C11H11BrClNO3S. The van der Waals surface area contributed by atoms with Gasteiger partial charge in [0.2, 0.25) is 0 Å². The summed E-state index contributed by atoms with van der Waals surface area (Å²) < 4.78 is 23.0. The number of hydrogen-bond acceptors (Lipinski definition) is 3. The van der Waals surface area contributed by atoms with Gasteiger partial charge in [-0.3, -0.25) is 4.79 Å². The second-order valence-electron chi connectivity index (χ2n) is 4.27. The number of amides is 1. The van der Waals surface area contributed by atoms with Gasteiger partial charge in [-0.2, -0.15) is 0 Å². The molecule has 0 radical (unpaired) electrons. The number of halogens is 2. The van der Waals surface area contributed by atoms with Crippen molar-refractivity contribution in [2.24, 2.45) is 5.92 Å². The van der Waals surface area contributed by atoms with Crippen LogP contribution in [-0.2, 0) is 9.05 Å². The molecule has 4 nitrogen and oxygen atoms in total. The lowest BCUT2D eigenvalue weighted by molar-refractivity contribution is 0.0951. The summed E-state index contributed by atoms with van der Waals surface area (Å²) in [6.45, 7) is 0.633. The zero-order chi connectivity index (χ0) is 13.3. The van der Waals surface area contributed by atoms with Gasteiger partial charge in [0, 0.05) is 27.3 Å². The summed E-state index contributed by atoms with van der Waals surface area (Å²) >= 11 is 3.16. The lowest BCUT2D eigenvalue weighted by Gasteiger charge is -2.06. The summed E-state index contributed by atoms with van der Waals surface area (Å²) in [4.78, 5) is 11.8. The minimum atomic E-state index is -3.84. The van der Waals surface area contributed by atoms with E-state index in [2.05, 4.69) is 21.2 Å². The third-order valence-electron chi connectivity index (χ3n) is 2.66. The third-order valence-corrected chi connectivity index (χ3v) is 4.45. The number of carbonyl (C=O) groups excluding carboxylic acids is 1. The highest BCUT2D eigenvalue weighted by molar-refractivity contribution is 9.10. The molecular weight excluding hydrogens is 342 g/mol. The molecule has 0 aromatic heterocycles. The predicted octanol–water partition coefficient (Wildman–Crippen LogP) is 2.52. The SMILES string of the molecule is O=C(NCC1CC1)c1cc(Br)cc(S(=O)(=O)Cl)c1. The molecule has 1 fully saturated rings. The summed E-state index contributed by atoms with van der Waals surface area (Å²) in [5, 5.41) is 2.77. The Bertz CT molecular complexity index is 584. The van der Waals surface area contributed by atoms with Crippen LogP contribution in [0.1, 0.15) is 23.2 Å². The first kappa shape index (κ1) is 13.8. The molecule has 0 unspecified atom stereocenters. The quantitative estimate of drug-likeness (QED) is 0.847. The molecule has 0 saturated heterocycles. The Morgan fingerprint density at radius 3 is 2.61 bits per heavy atom. The summed E-state index contributed by atoms with van der Waals surface area (Å²) in [5.41, 5.74) is 0.282. The first-order valence-electron chi connectivity index (χ1n) is 5.40. The molecule has 0 aliphatic heterocycles. The summed E-state index contributed by atoms with van der Waals surface area (Å²) in [6, 6.07) is 4.20. The van der Waals surface area contributed by atoms with E-state index in [9.17, 15) is 13.2 Å². The fourth-order valence-electron chi connectivity index (χ4n) is 1.50. The van der Waals surface area contributed by atoms with E-state index in [4.69, 9.17) is 10.7 Å². The van der Waals surface area contributed by atoms with Crippen LogP contribution in [-0.4, -0.2) is 20.9 Å². The van der Waals surface area contributed by atoms with Crippen molar-refractivity contribution in [2.45, 2.75) is 17.7 Å².